The van der Waals surface area contributed by atoms with Crippen LogP contribution in [-0.2, 0) is 30.3 Å². The van der Waals surface area contributed by atoms with Crippen LogP contribution in [0.2, 0.25) is 0 Å². The first-order chi connectivity index (χ1) is 20.1. The van der Waals surface area contributed by atoms with Crippen molar-refractivity contribution < 1.29 is 42.1 Å². The molecular formula is C30H28F3N3O6. The number of nitrogens with one attached hydrogen (secondary N) is 2. The molecule has 0 radical (unpaired) electrons. The van der Waals surface area contributed by atoms with E-state index < -0.39 is 48.2 Å². The minimum atomic E-state index is -4.64. The first kappa shape index (κ1) is 30.4. The van der Waals surface area contributed by atoms with Gasteiger partial charge < -0.3 is 25.2 Å². The fourth-order valence-electron chi connectivity index (χ4n) is 5.16. The zero-order valence-electron chi connectivity index (χ0n) is 22.4. The molecule has 4 unspecified atom stereocenters. The highest BCUT2D eigenvalue weighted by molar-refractivity contribution is 6.11. The first-order valence-corrected chi connectivity index (χ1v) is 12.9. The molecule has 1 amide bonds. The first-order valence-electron chi connectivity index (χ1n) is 12.9. The van der Waals surface area contributed by atoms with Crippen molar-refractivity contribution in [2.45, 2.75) is 42.9 Å². The lowest BCUT2D eigenvalue weighted by atomic mass is 9.73. The van der Waals surface area contributed by atoms with E-state index in [1.807, 2.05) is 60.7 Å². The molecule has 4 atom stereocenters. The maximum absolute atomic E-state index is 13.4. The Bertz CT molecular complexity index is 1380. The van der Waals surface area contributed by atoms with Gasteiger partial charge in [-0.2, -0.15) is 13.2 Å². The maximum atomic E-state index is 13.4. The van der Waals surface area contributed by atoms with Crippen LogP contribution in [0.25, 0.3) is 0 Å². The number of para-hydroxylation sites is 1. The standard InChI is InChI=1S/C28H27N3O5.C2HF3O/c1-35-27(34)25-24(26(33)31-20-13-8-14-29-17-20)21-16-23(32)28(25,36-21)22(15-18-9-4-2-5-10-18)30-19-11-6-3-7-12-19;3-2(4,5)1-6/h2-14,17,21-23,30,32H,15-16H2,1H3,(H,31,33);1H. The number of ether oxygens (including phenoxy) is 2. The Morgan fingerprint density at radius 1 is 1.10 bits per heavy atom. The average Bonchev–Trinajstić information content (AvgIpc) is 3.51. The molecule has 12 heteroatoms. The van der Waals surface area contributed by atoms with Crippen LogP contribution in [0.1, 0.15) is 12.0 Å². The van der Waals surface area contributed by atoms with Crippen molar-refractivity contribution >= 4 is 29.5 Å². The molecule has 2 bridgehead atoms. The van der Waals surface area contributed by atoms with E-state index in [0.29, 0.717) is 12.1 Å². The molecule has 2 aliphatic heterocycles. The fraction of sp³-hybridized carbons (Fsp3) is 0.267. The molecule has 0 saturated carbocycles. The second kappa shape index (κ2) is 13.0. The Hall–Kier alpha value is -4.55. The van der Waals surface area contributed by atoms with Crippen molar-refractivity contribution in [1.82, 2.24) is 4.98 Å². The van der Waals surface area contributed by atoms with Crippen LogP contribution >= 0.6 is 0 Å². The van der Waals surface area contributed by atoms with E-state index in [0.717, 1.165) is 11.3 Å². The summed E-state index contributed by atoms with van der Waals surface area (Å²) < 4.78 is 42.8. The highest BCUT2D eigenvalue weighted by atomic mass is 19.4. The molecule has 3 N–H and O–H groups in total. The number of methoxy groups -OCH3 is 1. The van der Waals surface area contributed by atoms with Gasteiger partial charge in [0.25, 0.3) is 5.91 Å². The third-order valence-electron chi connectivity index (χ3n) is 6.85. The smallest absolute Gasteiger partial charge is 0.446 e. The van der Waals surface area contributed by atoms with Gasteiger partial charge in [0, 0.05) is 18.3 Å². The lowest BCUT2D eigenvalue weighted by molar-refractivity contribution is -0.156. The molecule has 1 aromatic heterocycles. The number of aldehydes is 1. The minimum absolute atomic E-state index is 0.0412. The van der Waals surface area contributed by atoms with E-state index in [1.165, 1.54) is 13.3 Å². The van der Waals surface area contributed by atoms with Gasteiger partial charge in [-0.3, -0.25) is 14.6 Å². The summed E-state index contributed by atoms with van der Waals surface area (Å²) in [5.41, 5.74) is 0.982. The molecule has 1 fully saturated rings. The van der Waals surface area contributed by atoms with Crippen LogP contribution in [0.15, 0.2) is 96.3 Å². The highest BCUT2D eigenvalue weighted by Gasteiger charge is 2.65. The number of hydrogen-bond acceptors (Lipinski definition) is 8. The highest BCUT2D eigenvalue weighted by Crippen LogP contribution is 2.51. The van der Waals surface area contributed by atoms with Crippen LogP contribution < -0.4 is 10.6 Å². The number of amides is 1. The summed E-state index contributed by atoms with van der Waals surface area (Å²) >= 11 is 0. The average molecular weight is 584 g/mol. The Labute approximate surface area is 239 Å². The summed E-state index contributed by atoms with van der Waals surface area (Å²) in [6.07, 6.45) is -3.77. The Morgan fingerprint density at radius 2 is 1.71 bits per heavy atom. The zero-order chi connectivity index (χ0) is 30.3. The number of anilines is 2. The Balaban J connectivity index is 0.000000612. The number of benzene rings is 2. The number of hydrogen-bond donors (Lipinski definition) is 3. The van der Waals surface area contributed by atoms with Gasteiger partial charge in [0.05, 0.1) is 48.4 Å². The summed E-state index contributed by atoms with van der Waals surface area (Å²) in [6.45, 7) is 0. The van der Waals surface area contributed by atoms with Crippen molar-refractivity contribution in [3.05, 3.63) is 102 Å². The molecule has 0 spiro atoms. The van der Waals surface area contributed by atoms with Crippen molar-refractivity contribution in [1.29, 1.82) is 0 Å². The molecule has 3 aromatic rings. The molecule has 9 nitrogen and oxygen atoms in total. The number of esters is 1. The van der Waals surface area contributed by atoms with Gasteiger partial charge in [-0.25, -0.2) is 4.79 Å². The second-order valence-corrected chi connectivity index (χ2v) is 9.54. The van der Waals surface area contributed by atoms with E-state index in [9.17, 15) is 27.9 Å². The number of aliphatic hydroxyl groups is 1. The summed E-state index contributed by atoms with van der Waals surface area (Å²) in [4.78, 5) is 39.4. The van der Waals surface area contributed by atoms with Crippen LogP contribution in [0.4, 0.5) is 24.5 Å². The number of rotatable bonds is 8. The zero-order valence-corrected chi connectivity index (χ0v) is 22.4. The van der Waals surface area contributed by atoms with Crippen LogP contribution in [-0.4, -0.2) is 65.4 Å². The van der Waals surface area contributed by atoms with Gasteiger partial charge >= 0.3 is 12.1 Å². The molecule has 42 heavy (non-hydrogen) atoms. The fourth-order valence-corrected chi connectivity index (χ4v) is 5.16. The predicted molar refractivity (Wildman–Crippen MR) is 146 cm³/mol. The van der Waals surface area contributed by atoms with Crippen molar-refractivity contribution in [2.75, 3.05) is 17.7 Å². The summed E-state index contributed by atoms with van der Waals surface area (Å²) in [6, 6.07) is 22.1. The number of carbonyl (C=O) groups is 3. The van der Waals surface area contributed by atoms with E-state index in [2.05, 4.69) is 15.6 Å². The number of aliphatic hydroxyl groups excluding tert-OH is 1. The molecule has 5 rings (SSSR count). The van der Waals surface area contributed by atoms with Gasteiger partial charge in [-0.1, -0.05) is 48.5 Å². The lowest BCUT2D eigenvalue weighted by Crippen LogP contribution is -2.57. The number of aromatic nitrogens is 1. The summed E-state index contributed by atoms with van der Waals surface area (Å²) in [5.74, 6) is -1.19. The number of nitrogens with zero attached hydrogens (tertiary/aromatic N) is 1. The van der Waals surface area contributed by atoms with Gasteiger partial charge in [0.2, 0.25) is 6.29 Å². The third-order valence-corrected chi connectivity index (χ3v) is 6.85. The summed E-state index contributed by atoms with van der Waals surface area (Å²) in [5, 5.41) is 17.6. The number of alkyl halides is 3. The van der Waals surface area contributed by atoms with E-state index in [1.54, 1.807) is 18.3 Å². The molecule has 3 heterocycles. The topological polar surface area (TPSA) is 127 Å². The van der Waals surface area contributed by atoms with Gasteiger partial charge in [-0.05, 0) is 36.2 Å². The number of carbonyl (C=O) groups excluding carboxylic acids is 3. The molecule has 2 aromatic carbocycles. The van der Waals surface area contributed by atoms with Gasteiger partial charge in [0.15, 0.2) is 0 Å². The monoisotopic (exact) mass is 583 g/mol. The van der Waals surface area contributed by atoms with Crippen molar-refractivity contribution in [2.24, 2.45) is 0 Å². The predicted octanol–water partition coefficient (Wildman–Crippen LogP) is 3.86. The Kier molecular flexibility index (Phi) is 9.38. The molecule has 220 valence electrons. The summed E-state index contributed by atoms with van der Waals surface area (Å²) in [7, 11) is 1.26. The molecular weight excluding hydrogens is 555 g/mol. The molecule has 2 aliphatic rings. The Morgan fingerprint density at radius 3 is 2.29 bits per heavy atom. The van der Waals surface area contributed by atoms with Crippen LogP contribution in [0, 0.1) is 0 Å². The normalized spacial score (nSPS) is 21.5. The minimum Gasteiger partial charge on any atom is -0.466 e. The van der Waals surface area contributed by atoms with E-state index in [-0.39, 0.29) is 17.6 Å². The van der Waals surface area contributed by atoms with Gasteiger partial charge in [-0.15, -0.1) is 0 Å². The number of fused-ring (bicyclic) bond motifs is 2. The SMILES string of the molecule is COC(=O)C1=C(C(=O)Nc2cccnc2)C2CC(O)C1(C(Cc1ccccc1)Nc1ccccc1)O2.O=CC(F)(F)F. The van der Waals surface area contributed by atoms with E-state index in [4.69, 9.17) is 14.3 Å². The maximum Gasteiger partial charge on any atom is 0.446 e. The van der Waals surface area contributed by atoms with Crippen LogP contribution in [0.3, 0.4) is 0 Å². The van der Waals surface area contributed by atoms with Crippen molar-refractivity contribution in [3.8, 4) is 0 Å². The second-order valence-electron chi connectivity index (χ2n) is 9.54. The van der Waals surface area contributed by atoms with Crippen molar-refractivity contribution in [3.63, 3.8) is 0 Å². The molecule has 1 saturated heterocycles. The van der Waals surface area contributed by atoms with E-state index >= 15 is 0 Å². The number of halogens is 3. The molecule has 0 aliphatic carbocycles. The number of pyridine rings is 1. The largest absolute Gasteiger partial charge is 0.466 e. The quantitative estimate of drug-likeness (QED) is 0.270. The van der Waals surface area contributed by atoms with Crippen LogP contribution in [0.5, 0.6) is 0 Å². The van der Waals surface area contributed by atoms with Gasteiger partial charge in [0.1, 0.15) is 5.60 Å². The lowest BCUT2D eigenvalue weighted by Gasteiger charge is -2.40. The third kappa shape index (κ3) is 6.67.